The van der Waals surface area contributed by atoms with Crippen molar-refractivity contribution < 1.29 is 9.59 Å². The molecule has 1 aromatic carbocycles. The quantitative estimate of drug-likeness (QED) is 0.473. The molecule has 1 aromatic rings. The Morgan fingerprint density at radius 1 is 1.02 bits per heavy atom. The van der Waals surface area contributed by atoms with Crippen molar-refractivity contribution in [3.05, 3.63) is 41.0 Å². The first kappa shape index (κ1) is 25.5. The molecule has 6 bridgehead atoms. The predicted molar refractivity (Wildman–Crippen MR) is 151 cm³/mol. The highest BCUT2D eigenvalue weighted by atomic mass is 16.2. The second kappa shape index (κ2) is 8.29. The number of rotatable bonds is 2. The fourth-order valence-electron chi connectivity index (χ4n) is 9.24. The van der Waals surface area contributed by atoms with Gasteiger partial charge in [0.25, 0.3) is 5.91 Å². The zero-order valence-electron chi connectivity index (χ0n) is 23.9. The van der Waals surface area contributed by atoms with E-state index in [4.69, 9.17) is 4.99 Å². The van der Waals surface area contributed by atoms with Crippen LogP contribution in [-0.4, -0.2) is 34.8 Å². The highest BCUT2D eigenvalue weighted by Gasteiger charge is 2.76. The lowest BCUT2D eigenvalue weighted by Crippen LogP contribution is -2.77. The number of aliphatic imine (C=N–C) groups is 1. The number of nitriles is 2. The SMILES string of the molecule is CC(C)c1cccc(N2C3CCCC2N2C(=O)C4(C#N)C5CCCC4C(C#N)(C2=N3)C2=C5C(=O)CC(C)(C)C2)c1. The number of anilines is 1. The van der Waals surface area contributed by atoms with Gasteiger partial charge in [0.1, 0.15) is 29.0 Å². The van der Waals surface area contributed by atoms with Gasteiger partial charge in [0.05, 0.1) is 12.1 Å². The first-order valence-corrected chi connectivity index (χ1v) is 15.0. The molecule has 6 atom stereocenters. The van der Waals surface area contributed by atoms with Crippen molar-refractivity contribution in [1.82, 2.24) is 4.90 Å². The Kier molecular flexibility index (Phi) is 5.29. The van der Waals surface area contributed by atoms with E-state index in [1.807, 2.05) is 0 Å². The van der Waals surface area contributed by atoms with Gasteiger partial charge in [-0.25, -0.2) is 4.99 Å². The van der Waals surface area contributed by atoms with Gasteiger partial charge in [-0.3, -0.25) is 14.5 Å². The van der Waals surface area contributed by atoms with Crippen LogP contribution in [0.5, 0.6) is 0 Å². The first-order chi connectivity index (χ1) is 19.1. The number of amides is 1. The number of ketones is 1. The van der Waals surface area contributed by atoms with Gasteiger partial charge in [-0.15, -0.1) is 0 Å². The summed E-state index contributed by atoms with van der Waals surface area (Å²) in [4.78, 5) is 38.1. The third kappa shape index (κ3) is 2.96. The second-order valence-corrected chi connectivity index (χ2v) is 13.9. The molecule has 6 unspecified atom stereocenters. The minimum atomic E-state index is -1.42. The number of benzene rings is 1. The molecule has 3 fully saturated rings. The molecular formula is C33H37N5O2. The number of amidine groups is 1. The Morgan fingerprint density at radius 3 is 2.52 bits per heavy atom. The molecule has 0 N–H and O–H groups in total. The molecular weight excluding hydrogens is 498 g/mol. The summed E-state index contributed by atoms with van der Waals surface area (Å²) in [5.41, 5.74) is 0.788. The molecule has 6 aliphatic rings. The first-order valence-electron chi connectivity index (χ1n) is 15.0. The van der Waals surface area contributed by atoms with Crippen LogP contribution < -0.4 is 4.90 Å². The van der Waals surface area contributed by atoms with Crippen molar-refractivity contribution in [1.29, 1.82) is 10.5 Å². The topological polar surface area (TPSA) is 101 Å². The Balaban J connectivity index is 1.51. The van der Waals surface area contributed by atoms with Crippen molar-refractivity contribution >= 4 is 23.2 Å². The summed E-state index contributed by atoms with van der Waals surface area (Å²) in [6, 6.07) is 13.7. The van der Waals surface area contributed by atoms with Gasteiger partial charge in [-0.05, 0) is 73.1 Å². The molecule has 40 heavy (non-hydrogen) atoms. The van der Waals surface area contributed by atoms with E-state index >= 15 is 0 Å². The Hall–Kier alpha value is -3.45. The van der Waals surface area contributed by atoms with Gasteiger partial charge >= 0.3 is 0 Å². The smallest absolute Gasteiger partial charge is 0.251 e. The van der Waals surface area contributed by atoms with Crippen molar-refractivity contribution in [3.63, 3.8) is 0 Å². The highest BCUT2D eigenvalue weighted by Crippen LogP contribution is 2.69. The number of hydrogen-bond acceptors (Lipinski definition) is 6. The van der Waals surface area contributed by atoms with E-state index in [-0.39, 0.29) is 29.4 Å². The van der Waals surface area contributed by atoms with Crippen molar-refractivity contribution in [2.24, 2.45) is 33.1 Å². The fourth-order valence-corrected chi connectivity index (χ4v) is 9.24. The van der Waals surface area contributed by atoms with E-state index in [9.17, 15) is 20.1 Å². The van der Waals surface area contributed by atoms with Gasteiger partial charge in [0.15, 0.2) is 5.78 Å². The minimum Gasteiger partial charge on any atom is -0.328 e. The second-order valence-electron chi connectivity index (χ2n) is 13.9. The summed E-state index contributed by atoms with van der Waals surface area (Å²) in [5, 5.41) is 22.2. The van der Waals surface area contributed by atoms with Crippen LogP contribution >= 0.6 is 0 Å². The largest absolute Gasteiger partial charge is 0.328 e. The third-order valence-corrected chi connectivity index (χ3v) is 10.8. The molecule has 0 spiro atoms. The van der Waals surface area contributed by atoms with Crippen molar-refractivity contribution in [3.8, 4) is 12.1 Å². The van der Waals surface area contributed by atoms with Crippen LogP contribution in [0.3, 0.4) is 0 Å². The zero-order chi connectivity index (χ0) is 28.2. The van der Waals surface area contributed by atoms with Crippen LogP contribution in [0.25, 0.3) is 0 Å². The maximum atomic E-state index is 14.9. The number of nitrogens with zero attached hydrogens (tertiary/aromatic N) is 5. The standard InChI is InChI=1S/C33H37N5O2/c1-19(2)20-8-5-9-21(14-20)37-26-12-7-13-27(37)38-29(36-26)32(17-34)23-15-31(3,4)16-24(39)28(23)22-10-6-11-25(32)33(22,18-35)30(38)40/h5,8-9,14,19,22,25-27H,6-7,10-13,15-16H2,1-4H3. The summed E-state index contributed by atoms with van der Waals surface area (Å²) in [5.74, 6) is -0.284. The van der Waals surface area contributed by atoms with E-state index < -0.39 is 22.7 Å². The number of allylic oxidation sites excluding steroid dienone is 1. The molecule has 3 aliphatic carbocycles. The van der Waals surface area contributed by atoms with Gasteiger partial charge in [-0.1, -0.05) is 46.2 Å². The number of carbonyl (C=O) groups excluding carboxylic acids is 2. The Labute approximate surface area is 236 Å². The monoisotopic (exact) mass is 535 g/mol. The maximum absolute atomic E-state index is 14.9. The number of piperidine rings is 2. The minimum absolute atomic E-state index is 0.0147. The van der Waals surface area contributed by atoms with Crippen LogP contribution in [0.1, 0.15) is 90.5 Å². The van der Waals surface area contributed by atoms with Crippen LogP contribution in [0.15, 0.2) is 40.4 Å². The Morgan fingerprint density at radius 2 is 1.80 bits per heavy atom. The van der Waals surface area contributed by atoms with E-state index in [0.29, 0.717) is 43.0 Å². The lowest BCUT2D eigenvalue weighted by Gasteiger charge is -2.65. The normalized spacial score (nSPS) is 37.3. The van der Waals surface area contributed by atoms with Gasteiger partial charge in [0, 0.05) is 29.5 Å². The third-order valence-electron chi connectivity index (χ3n) is 10.8. The molecule has 1 saturated carbocycles. The molecule has 0 aromatic heterocycles. The summed E-state index contributed by atoms with van der Waals surface area (Å²) < 4.78 is 0. The van der Waals surface area contributed by atoms with Gasteiger partial charge in [-0.2, -0.15) is 10.5 Å². The molecule has 7 heteroatoms. The van der Waals surface area contributed by atoms with Crippen LogP contribution in [0, 0.1) is 50.7 Å². The zero-order valence-corrected chi connectivity index (χ0v) is 23.9. The van der Waals surface area contributed by atoms with E-state index in [0.717, 1.165) is 36.9 Å². The molecule has 7 nitrogen and oxygen atoms in total. The summed E-state index contributed by atoms with van der Waals surface area (Å²) >= 11 is 0. The van der Waals surface area contributed by atoms with Gasteiger partial charge in [0.2, 0.25) is 0 Å². The average Bonchev–Trinajstić information content (AvgIpc) is 2.91. The van der Waals surface area contributed by atoms with E-state index in [2.05, 4.69) is 69.0 Å². The van der Waals surface area contributed by atoms with Crippen LogP contribution in [0.2, 0.25) is 0 Å². The molecule has 3 aliphatic heterocycles. The lowest BCUT2D eigenvalue weighted by molar-refractivity contribution is -0.154. The van der Waals surface area contributed by atoms with Gasteiger partial charge < -0.3 is 4.90 Å². The molecule has 7 rings (SSSR count). The summed E-state index contributed by atoms with van der Waals surface area (Å²) in [6.07, 6.45) is 5.06. The number of hydrogen-bond donors (Lipinski definition) is 0. The Bertz CT molecular complexity index is 1490. The number of carbonyl (C=O) groups is 2. The molecule has 206 valence electrons. The molecule has 2 saturated heterocycles. The van der Waals surface area contributed by atoms with E-state index in [1.165, 1.54) is 5.56 Å². The fraction of sp³-hybridized carbons (Fsp3) is 0.606. The summed E-state index contributed by atoms with van der Waals surface area (Å²) in [6.45, 7) is 8.53. The predicted octanol–water partition coefficient (Wildman–Crippen LogP) is 5.84. The average molecular weight is 536 g/mol. The van der Waals surface area contributed by atoms with Crippen LogP contribution in [0.4, 0.5) is 5.69 Å². The van der Waals surface area contributed by atoms with Crippen molar-refractivity contribution in [2.75, 3.05) is 4.90 Å². The number of Topliss-reactive ketones (excluding diaryl/α,β-unsaturated/α-hetero) is 1. The molecule has 1 amide bonds. The van der Waals surface area contributed by atoms with Crippen LogP contribution in [-0.2, 0) is 9.59 Å². The maximum Gasteiger partial charge on any atom is 0.251 e. The number of fused-ring (bicyclic) bond motifs is 7. The summed E-state index contributed by atoms with van der Waals surface area (Å²) in [7, 11) is 0. The lowest BCUT2D eigenvalue weighted by atomic mass is 9.40. The van der Waals surface area contributed by atoms with E-state index in [1.54, 1.807) is 4.90 Å². The molecule has 3 heterocycles. The molecule has 0 radical (unpaired) electrons. The highest BCUT2D eigenvalue weighted by molar-refractivity contribution is 6.15. The van der Waals surface area contributed by atoms with Crippen molar-refractivity contribution in [2.45, 2.75) is 97.3 Å².